The molecule has 5 nitrogen and oxygen atoms in total. The molecule has 0 saturated carbocycles. The number of nitrogens with zero attached hydrogens (tertiary/aromatic N) is 3. The van der Waals surface area contributed by atoms with E-state index in [0.717, 1.165) is 28.5 Å². The number of ether oxygens (including phenoxy) is 1. The Morgan fingerprint density at radius 1 is 0.938 bits per heavy atom. The van der Waals surface area contributed by atoms with Gasteiger partial charge in [-0.2, -0.15) is 0 Å². The fraction of sp³-hybridized carbons (Fsp3) is 0.154. The molecule has 0 unspecified atom stereocenters. The van der Waals surface area contributed by atoms with E-state index in [9.17, 15) is 0 Å². The Morgan fingerprint density at radius 2 is 1.72 bits per heavy atom. The zero-order chi connectivity index (χ0) is 22.1. The summed E-state index contributed by atoms with van der Waals surface area (Å²) >= 11 is 5.84. The number of rotatable bonds is 5. The fourth-order valence-electron chi connectivity index (χ4n) is 4.36. The van der Waals surface area contributed by atoms with Crippen molar-refractivity contribution in [2.45, 2.75) is 19.0 Å². The molecular weight excluding hydrogens is 416 g/mol. The predicted octanol–water partition coefficient (Wildman–Crippen LogP) is 5.37. The molecule has 5 rings (SSSR count). The first-order valence-electron chi connectivity index (χ1n) is 10.6. The van der Waals surface area contributed by atoms with Crippen molar-refractivity contribution in [1.82, 2.24) is 14.9 Å². The van der Waals surface area contributed by atoms with Crippen molar-refractivity contribution in [2.24, 2.45) is 0 Å². The van der Waals surface area contributed by atoms with Crippen molar-refractivity contribution in [3.8, 4) is 11.4 Å². The van der Waals surface area contributed by atoms with Gasteiger partial charge < -0.3 is 19.5 Å². The third-order valence-electron chi connectivity index (χ3n) is 5.91. The highest BCUT2D eigenvalue weighted by Crippen LogP contribution is 2.42. The second kappa shape index (κ2) is 8.48. The first-order valence-corrected chi connectivity index (χ1v) is 11.0. The maximum absolute atomic E-state index is 5.84. The topological polar surface area (TPSA) is 42.3 Å². The van der Waals surface area contributed by atoms with E-state index in [-0.39, 0.29) is 12.1 Å². The molecule has 160 valence electrons. The summed E-state index contributed by atoms with van der Waals surface area (Å²) < 4.78 is 7.61. The molecule has 3 heterocycles. The molecule has 0 spiro atoms. The van der Waals surface area contributed by atoms with Crippen LogP contribution in [-0.4, -0.2) is 21.8 Å². The van der Waals surface area contributed by atoms with Crippen LogP contribution in [0.2, 0.25) is 0 Å². The van der Waals surface area contributed by atoms with Crippen LogP contribution in [0.5, 0.6) is 5.75 Å². The summed E-state index contributed by atoms with van der Waals surface area (Å²) in [5, 5.41) is 4.20. The Balaban J connectivity index is 1.66. The number of para-hydroxylation sites is 1. The summed E-state index contributed by atoms with van der Waals surface area (Å²) in [6, 6.07) is 26.5. The van der Waals surface area contributed by atoms with Crippen LogP contribution in [0.15, 0.2) is 91.3 Å². The lowest BCUT2D eigenvalue weighted by Crippen LogP contribution is -2.30. The monoisotopic (exact) mass is 440 g/mol. The average molecular weight is 441 g/mol. The van der Waals surface area contributed by atoms with Gasteiger partial charge in [-0.3, -0.25) is 4.98 Å². The summed E-state index contributed by atoms with van der Waals surface area (Å²) in [5.74, 6) is 0.813. The summed E-state index contributed by atoms with van der Waals surface area (Å²) in [5.41, 5.74) is 5.46. The Kier molecular flexibility index (Phi) is 5.37. The average Bonchev–Trinajstić information content (AvgIpc) is 3.44. The first kappa shape index (κ1) is 20.3. The summed E-state index contributed by atoms with van der Waals surface area (Å²) in [6.45, 7) is 2.13. The van der Waals surface area contributed by atoms with Crippen LogP contribution in [0.1, 0.15) is 29.0 Å². The second-order valence-electron chi connectivity index (χ2n) is 7.78. The van der Waals surface area contributed by atoms with Gasteiger partial charge in [-0.1, -0.05) is 24.3 Å². The summed E-state index contributed by atoms with van der Waals surface area (Å²) in [4.78, 5) is 6.83. The molecule has 0 amide bonds. The lowest BCUT2D eigenvalue weighted by atomic mass is 10.0. The molecule has 2 aromatic carbocycles. The molecule has 2 aromatic heterocycles. The number of hydrogen-bond acceptors (Lipinski definition) is 3. The van der Waals surface area contributed by atoms with Gasteiger partial charge in [0.25, 0.3) is 0 Å². The molecule has 1 aliphatic heterocycles. The van der Waals surface area contributed by atoms with Crippen LogP contribution in [0, 0.1) is 6.92 Å². The lowest BCUT2D eigenvalue weighted by Gasteiger charge is -2.29. The van der Waals surface area contributed by atoms with E-state index in [4.69, 9.17) is 17.0 Å². The highest BCUT2D eigenvalue weighted by Gasteiger charge is 2.42. The normalized spacial score (nSPS) is 17.9. The van der Waals surface area contributed by atoms with Gasteiger partial charge in [0, 0.05) is 29.5 Å². The van der Waals surface area contributed by atoms with Crippen LogP contribution in [0.3, 0.4) is 0 Å². The van der Waals surface area contributed by atoms with Gasteiger partial charge in [-0.25, -0.2) is 0 Å². The highest BCUT2D eigenvalue weighted by molar-refractivity contribution is 7.80. The van der Waals surface area contributed by atoms with Crippen LogP contribution in [-0.2, 0) is 0 Å². The largest absolute Gasteiger partial charge is 0.497 e. The number of nitrogens with one attached hydrogen (secondary N) is 1. The lowest BCUT2D eigenvalue weighted by molar-refractivity contribution is 0.415. The maximum atomic E-state index is 5.84. The molecule has 2 atom stereocenters. The number of hydrogen-bond donors (Lipinski definition) is 1. The van der Waals surface area contributed by atoms with E-state index in [1.54, 1.807) is 7.11 Å². The molecule has 4 aromatic rings. The Morgan fingerprint density at radius 3 is 2.44 bits per heavy atom. The number of methoxy groups -OCH3 is 1. The summed E-state index contributed by atoms with van der Waals surface area (Å²) in [6.07, 6.45) is 3.94. The van der Waals surface area contributed by atoms with Gasteiger partial charge in [-0.15, -0.1) is 0 Å². The van der Waals surface area contributed by atoms with Gasteiger partial charge in [0.1, 0.15) is 11.8 Å². The van der Waals surface area contributed by atoms with Crippen molar-refractivity contribution < 1.29 is 4.74 Å². The van der Waals surface area contributed by atoms with Gasteiger partial charge in [0.05, 0.1) is 18.8 Å². The van der Waals surface area contributed by atoms with Crippen molar-refractivity contribution in [2.75, 3.05) is 12.0 Å². The van der Waals surface area contributed by atoms with Gasteiger partial charge >= 0.3 is 0 Å². The van der Waals surface area contributed by atoms with E-state index < -0.39 is 0 Å². The molecule has 0 bridgehead atoms. The van der Waals surface area contributed by atoms with Crippen molar-refractivity contribution >= 4 is 23.0 Å². The second-order valence-corrected chi connectivity index (χ2v) is 8.17. The van der Waals surface area contributed by atoms with Gasteiger partial charge in [0.15, 0.2) is 5.11 Å². The van der Waals surface area contributed by atoms with E-state index in [2.05, 4.69) is 69.3 Å². The van der Waals surface area contributed by atoms with Gasteiger partial charge in [-0.05, 0) is 79.3 Å². The number of pyridine rings is 1. The minimum Gasteiger partial charge on any atom is -0.497 e. The molecule has 6 heteroatoms. The van der Waals surface area contributed by atoms with Crippen LogP contribution >= 0.6 is 12.2 Å². The van der Waals surface area contributed by atoms with E-state index in [1.807, 2.05) is 48.7 Å². The quantitative estimate of drug-likeness (QED) is 0.423. The van der Waals surface area contributed by atoms with Crippen molar-refractivity contribution in [3.05, 3.63) is 108 Å². The first-order chi connectivity index (χ1) is 15.7. The Labute approximate surface area is 193 Å². The van der Waals surface area contributed by atoms with Gasteiger partial charge in [0.2, 0.25) is 0 Å². The fourth-order valence-corrected chi connectivity index (χ4v) is 4.71. The Bertz CT molecular complexity index is 1240. The maximum Gasteiger partial charge on any atom is 0.174 e. The minimum atomic E-state index is -0.0940. The molecule has 1 aliphatic rings. The number of thiocarbonyl (C=S) groups is 1. The molecule has 1 saturated heterocycles. The molecule has 1 fully saturated rings. The third-order valence-corrected chi connectivity index (χ3v) is 6.22. The molecule has 32 heavy (non-hydrogen) atoms. The molecule has 0 aliphatic carbocycles. The van der Waals surface area contributed by atoms with E-state index in [0.29, 0.717) is 5.11 Å². The number of aryl methyl sites for hydroxylation is 1. The zero-order valence-electron chi connectivity index (χ0n) is 18.0. The SMILES string of the molecule is COc1ccc(N2C(=S)N[C@H](c3ccccn3)[C@@H]2c2cccn2-c2ccccc2C)cc1. The number of anilines is 1. The van der Waals surface area contributed by atoms with Crippen molar-refractivity contribution in [1.29, 1.82) is 0 Å². The van der Waals surface area contributed by atoms with Crippen LogP contribution in [0.4, 0.5) is 5.69 Å². The van der Waals surface area contributed by atoms with Crippen LogP contribution < -0.4 is 15.0 Å². The Hall–Kier alpha value is -3.64. The minimum absolute atomic E-state index is 0.0830. The molecule has 1 N–H and O–H groups in total. The zero-order valence-corrected chi connectivity index (χ0v) is 18.8. The molecule has 0 radical (unpaired) electrons. The smallest absolute Gasteiger partial charge is 0.174 e. The number of aromatic nitrogens is 2. The molecular formula is C26H24N4OS. The number of benzene rings is 2. The predicted molar refractivity (Wildman–Crippen MR) is 131 cm³/mol. The standard InChI is InChI=1S/C26H24N4OS/c1-18-8-3-4-10-22(18)29-17-7-11-23(29)25-24(21-9-5-6-16-27-21)28-26(32)30(25)19-12-14-20(31-2)15-13-19/h3-17,24-25H,1-2H3,(H,28,32)/t24-,25+/m1/s1. The van der Waals surface area contributed by atoms with Crippen LogP contribution in [0.25, 0.3) is 5.69 Å². The highest BCUT2D eigenvalue weighted by atomic mass is 32.1. The third kappa shape index (κ3) is 3.52. The summed E-state index contributed by atoms with van der Waals surface area (Å²) in [7, 11) is 1.67. The van der Waals surface area contributed by atoms with E-state index >= 15 is 0 Å². The van der Waals surface area contributed by atoms with E-state index in [1.165, 1.54) is 5.56 Å². The van der Waals surface area contributed by atoms with Crippen molar-refractivity contribution in [3.63, 3.8) is 0 Å².